The van der Waals surface area contributed by atoms with Gasteiger partial charge in [-0.3, -0.25) is 0 Å². The maximum absolute atomic E-state index is 5.82. The summed E-state index contributed by atoms with van der Waals surface area (Å²) in [6.07, 6.45) is 0. The Labute approximate surface area is 128 Å². The third-order valence-electron chi connectivity index (χ3n) is 2.41. The Morgan fingerprint density at radius 1 is 1.28 bits per heavy atom. The van der Waals surface area contributed by atoms with Crippen molar-refractivity contribution >= 4 is 47.0 Å². The van der Waals surface area contributed by atoms with E-state index >= 15 is 0 Å². The quantitative estimate of drug-likeness (QED) is 0.491. The molecule has 1 aromatic carbocycles. The first-order chi connectivity index (χ1) is 8.25. The van der Waals surface area contributed by atoms with Crippen LogP contribution < -0.4 is 11.1 Å². The van der Waals surface area contributed by atoms with Crippen LogP contribution in [0.5, 0.6) is 0 Å². The lowest BCUT2D eigenvalue weighted by atomic mass is 10.3. The zero-order valence-corrected chi connectivity index (χ0v) is 13.2. The zero-order valence-electron chi connectivity index (χ0n) is 10.1. The Kier molecular flexibility index (Phi) is 6.14. The van der Waals surface area contributed by atoms with Crippen LogP contribution in [0.4, 0.5) is 5.69 Å². The van der Waals surface area contributed by atoms with Crippen molar-refractivity contribution in [3.05, 3.63) is 52.2 Å². The van der Waals surface area contributed by atoms with Crippen LogP contribution in [-0.4, -0.2) is 5.96 Å². The van der Waals surface area contributed by atoms with Crippen molar-refractivity contribution in [3.8, 4) is 0 Å². The molecule has 0 atom stereocenters. The lowest BCUT2D eigenvalue weighted by molar-refractivity contribution is 1.08. The summed E-state index contributed by atoms with van der Waals surface area (Å²) in [5.41, 5.74) is 8.04. The first kappa shape index (κ1) is 15.0. The molecule has 0 radical (unpaired) electrons. The number of rotatable bonds is 3. The summed E-state index contributed by atoms with van der Waals surface area (Å²) in [6.45, 7) is 2.72. The average molecular weight is 373 g/mol. The van der Waals surface area contributed by atoms with Gasteiger partial charge in [-0.1, -0.05) is 18.2 Å². The third-order valence-corrected chi connectivity index (χ3v) is 3.42. The normalized spacial score (nSPS) is 10.8. The van der Waals surface area contributed by atoms with Gasteiger partial charge in [0.15, 0.2) is 5.96 Å². The van der Waals surface area contributed by atoms with Crippen molar-refractivity contribution in [2.75, 3.05) is 5.32 Å². The molecule has 0 aliphatic rings. The highest BCUT2D eigenvalue weighted by Gasteiger charge is 1.99. The van der Waals surface area contributed by atoms with E-state index in [2.05, 4.69) is 28.7 Å². The molecule has 2 rings (SSSR count). The number of nitrogens with zero attached hydrogens (tertiary/aromatic N) is 1. The number of anilines is 1. The Morgan fingerprint density at radius 2 is 2.00 bits per heavy atom. The molecule has 0 spiro atoms. The standard InChI is InChI=1S/C13H15N3S.HI/c1-10-7-8-17-12(10)9-15-13(14)16-11-5-3-2-4-6-11;/h2-8H,9H2,1H3,(H3,14,15,16);1H. The van der Waals surface area contributed by atoms with Crippen molar-refractivity contribution in [3.63, 3.8) is 0 Å². The second-order valence-corrected chi connectivity index (χ2v) is 4.72. The number of hydrogen-bond donors (Lipinski definition) is 2. The molecule has 0 saturated carbocycles. The largest absolute Gasteiger partial charge is 0.370 e. The molecule has 0 fully saturated rings. The summed E-state index contributed by atoms with van der Waals surface area (Å²) < 4.78 is 0. The molecule has 0 amide bonds. The minimum absolute atomic E-state index is 0. The summed E-state index contributed by atoms with van der Waals surface area (Å²) in [5, 5.41) is 5.13. The van der Waals surface area contributed by atoms with Crippen LogP contribution in [0.2, 0.25) is 0 Å². The van der Waals surface area contributed by atoms with Gasteiger partial charge in [0.05, 0.1) is 6.54 Å². The predicted molar refractivity (Wildman–Crippen MR) is 89.9 cm³/mol. The highest BCUT2D eigenvalue weighted by molar-refractivity contribution is 14.0. The molecular weight excluding hydrogens is 357 g/mol. The smallest absolute Gasteiger partial charge is 0.193 e. The van der Waals surface area contributed by atoms with Crippen molar-refractivity contribution in [1.82, 2.24) is 0 Å². The number of halogens is 1. The maximum Gasteiger partial charge on any atom is 0.193 e. The lowest BCUT2D eigenvalue weighted by Gasteiger charge is -2.04. The SMILES string of the molecule is Cc1ccsc1CN=C(N)Nc1ccccc1.I. The fourth-order valence-electron chi connectivity index (χ4n) is 1.43. The van der Waals surface area contributed by atoms with Crippen LogP contribution in [0, 0.1) is 6.92 Å². The van der Waals surface area contributed by atoms with Gasteiger partial charge >= 0.3 is 0 Å². The molecule has 1 aromatic heterocycles. The number of nitrogens with two attached hydrogens (primary N) is 1. The predicted octanol–water partition coefficient (Wildman–Crippen LogP) is 3.60. The number of aryl methyl sites for hydroxylation is 1. The van der Waals surface area contributed by atoms with Crippen LogP contribution in [0.1, 0.15) is 10.4 Å². The topological polar surface area (TPSA) is 50.4 Å². The molecule has 96 valence electrons. The highest BCUT2D eigenvalue weighted by Crippen LogP contribution is 2.16. The van der Waals surface area contributed by atoms with Gasteiger partial charge in [0.2, 0.25) is 0 Å². The molecule has 3 N–H and O–H groups in total. The summed E-state index contributed by atoms with van der Waals surface area (Å²) in [5.74, 6) is 0.448. The minimum Gasteiger partial charge on any atom is -0.370 e. The second kappa shape index (κ2) is 7.38. The molecule has 18 heavy (non-hydrogen) atoms. The van der Waals surface area contributed by atoms with Crippen molar-refractivity contribution < 1.29 is 0 Å². The first-order valence-corrected chi connectivity index (χ1v) is 6.28. The van der Waals surface area contributed by atoms with Crippen molar-refractivity contribution in [2.45, 2.75) is 13.5 Å². The molecular formula is C13H16IN3S. The van der Waals surface area contributed by atoms with Gasteiger partial charge in [0, 0.05) is 10.6 Å². The molecule has 0 unspecified atom stereocenters. The summed E-state index contributed by atoms with van der Waals surface area (Å²) in [6, 6.07) is 11.9. The molecule has 0 bridgehead atoms. The number of thiophene rings is 1. The molecule has 2 aromatic rings. The second-order valence-electron chi connectivity index (χ2n) is 3.72. The monoisotopic (exact) mass is 373 g/mol. The molecule has 0 saturated heterocycles. The highest BCUT2D eigenvalue weighted by atomic mass is 127. The molecule has 1 heterocycles. The number of aliphatic imine (C=N–C) groups is 1. The number of nitrogens with one attached hydrogen (secondary N) is 1. The first-order valence-electron chi connectivity index (χ1n) is 5.40. The van der Waals surface area contributed by atoms with Gasteiger partial charge in [-0.2, -0.15) is 0 Å². The van der Waals surface area contributed by atoms with Gasteiger partial charge in [-0.05, 0) is 36.1 Å². The van der Waals surface area contributed by atoms with E-state index < -0.39 is 0 Å². The Balaban J connectivity index is 0.00000162. The molecule has 3 nitrogen and oxygen atoms in total. The third kappa shape index (κ3) is 4.30. The van der Waals surface area contributed by atoms with Crippen LogP contribution in [0.25, 0.3) is 0 Å². The molecule has 0 aliphatic carbocycles. The van der Waals surface area contributed by atoms with Crippen LogP contribution >= 0.6 is 35.3 Å². The van der Waals surface area contributed by atoms with E-state index in [0.717, 1.165) is 5.69 Å². The Bertz CT molecular complexity index is 508. The van der Waals surface area contributed by atoms with Gasteiger partial charge in [-0.25, -0.2) is 4.99 Å². The Hall–Kier alpha value is -1.08. The average Bonchev–Trinajstić information content (AvgIpc) is 2.74. The van der Waals surface area contributed by atoms with Crippen LogP contribution in [-0.2, 0) is 6.54 Å². The summed E-state index contributed by atoms with van der Waals surface area (Å²) in [7, 11) is 0. The fraction of sp³-hybridized carbons (Fsp3) is 0.154. The van der Waals surface area contributed by atoms with Crippen LogP contribution in [0.3, 0.4) is 0 Å². The van der Waals surface area contributed by atoms with E-state index in [9.17, 15) is 0 Å². The Morgan fingerprint density at radius 3 is 2.61 bits per heavy atom. The van der Waals surface area contributed by atoms with Gasteiger partial charge < -0.3 is 11.1 Å². The number of guanidine groups is 1. The van der Waals surface area contributed by atoms with E-state index in [1.165, 1.54) is 10.4 Å². The number of benzene rings is 1. The van der Waals surface area contributed by atoms with E-state index in [4.69, 9.17) is 5.73 Å². The number of hydrogen-bond acceptors (Lipinski definition) is 2. The van der Waals surface area contributed by atoms with E-state index in [1.54, 1.807) is 11.3 Å². The van der Waals surface area contributed by atoms with E-state index in [0.29, 0.717) is 12.5 Å². The lowest BCUT2D eigenvalue weighted by Crippen LogP contribution is -2.22. The van der Waals surface area contributed by atoms with Gasteiger partial charge in [0.1, 0.15) is 0 Å². The summed E-state index contributed by atoms with van der Waals surface area (Å²) in [4.78, 5) is 5.57. The zero-order chi connectivity index (χ0) is 12.1. The maximum atomic E-state index is 5.82. The van der Waals surface area contributed by atoms with Crippen molar-refractivity contribution in [2.24, 2.45) is 10.7 Å². The number of para-hydroxylation sites is 1. The molecule has 0 aliphatic heterocycles. The fourth-order valence-corrected chi connectivity index (χ4v) is 2.26. The minimum atomic E-state index is 0. The van der Waals surface area contributed by atoms with E-state index in [-0.39, 0.29) is 24.0 Å². The van der Waals surface area contributed by atoms with Gasteiger partial charge in [-0.15, -0.1) is 35.3 Å². The summed E-state index contributed by atoms with van der Waals surface area (Å²) >= 11 is 1.71. The van der Waals surface area contributed by atoms with Crippen LogP contribution in [0.15, 0.2) is 46.8 Å². The van der Waals surface area contributed by atoms with E-state index in [1.807, 2.05) is 30.3 Å². The van der Waals surface area contributed by atoms with Gasteiger partial charge in [0.25, 0.3) is 0 Å². The molecule has 5 heteroatoms. The van der Waals surface area contributed by atoms with Crippen molar-refractivity contribution in [1.29, 1.82) is 0 Å².